The lowest BCUT2D eigenvalue weighted by molar-refractivity contribution is -0.384. The fourth-order valence-electron chi connectivity index (χ4n) is 1.90. The summed E-state index contributed by atoms with van der Waals surface area (Å²) in [6.07, 6.45) is 0. The van der Waals surface area contributed by atoms with Crippen molar-refractivity contribution in [2.24, 2.45) is 0 Å². The number of nitrogens with one attached hydrogen (secondary N) is 1. The highest BCUT2D eigenvalue weighted by atomic mass is 16.6. The highest BCUT2D eigenvalue weighted by molar-refractivity contribution is 5.96. The first-order chi connectivity index (χ1) is 11.0. The molecule has 0 aliphatic heterocycles. The molecule has 1 amide bonds. The molecule has 2 aromatic carbocycles. The number of esters is 1. The van der Waals surface area contributed by atoms with Crippen LogP contribution >= 0.6 is 0 Å². The quantitative estimate of drug-likeness (QED) is 0.519. The molecule has 0 unspecified atom stereocenters. The van der Waals surface area contributed by atoms with Crippen LogP contribution in [-0.2, 0) is 11.3 Å². The number of hydrogen-bond donors (Lipinski definition) is 1. The van der Waals surface area contributed by atoms with E-state index in [2.05, 4.69) is 10.1 Å². The zero-order valence-electron chi connectivity index (χ0n) is 12.3. The molecule has 0 aromatic heterocycles. The monoisotopic (exact) mass is 314 g/mol. The van der Waals surface area contributed by atoms with Gasteiger partial charge in [-0.3, -0.25) is 14.9 Å². The molecule has 0 bridgehead atoms. The van der Waals surface area contributed by atoms with Crippen molar-refractivity contribution < 1.29 is 19.2 Å². The number of rotatable bonds is 5. The summed E-state index contributed by atoms with van der Waals surface area (Å²) in [7, 11) is 1.28. The molecule has 0 saturated carbocycles. The second kappa shape index (κ2) is 7.17. The molecule has 1 N–H and O–H groups in total. The van der Waals surface area contributed by atoms with Gasteiger partial charge in [-0.05, 0) is 29.8 Å². The summed E-state index contributed by atoms with van der Waals surface area (Å²) in [6.45, 7) is 0.246. The molecule has 0 radical (unpaired) electrons. The first-order valence-electron chi connectivity index (χ1n) is 6.71. The number of ether oxygens (including phenoxy) is 1. The van der Waals surface area contributed by atoms with Crippen molar-refractivity contribution in [2.75, 3.05) is 7.11 Å². The Kier molecular flexibility index (Phi) is 5.03. The fraction of sp³-hybridized carbons (Fsp3) is 0.125. The predicted octanol–water partition coefficient (Wildman–Crippen LogP) is 2.31. The van der Waals surface area contributed by atoms with Crippen LogP contribution in [0.2, 0.25) is 0 Å². The molecule has 118 valence electrons. The average molecular weight is 314 g/mol. The lowest BCUT2D eigenvalue weighted by Gasteiger charge is -2.06. The zero-order chi connectivity index (χ0) is 16.8. The lowest BCUT2D eigenvalue weighted by atomic mass is 10.1. The average Bonchev–Trinajstić information content (AvgIpc) is 2.59. The first kappa shape index (κ1) is 16.2. The number of benzene rings is 2. The number of nitrogens with zero attached hydrogens (tertiary/aromatic N) is 1. The van der Waals surface area contributed by atoms with E-state index in [1.54, 1.807) is 12.1 Å². The van der Waals surface area contributed by atoms with E-state index in [0.29, 0.717) is 11.1 Å². The van der Waals surface area contributed by atoms with E-state index in [9.17, 15) is 19.7 Å². The Morgan fingerprint density at radius 2 is 1.61 bits per heavy atom. The van der Waals surface area contributed by atoms with E-state index in [-0.39, 0.29) is 18.1 Å². The van der Waals surface area contributed by atoms with Gasteiger partial charge in [0.1, 0.15) is 0 Å². The maximum atomic E-state index is 12.0. The van der Waals surface area contributed by atoms with Crippen LogP contribution in [-0.4, -0.2) is 23.9 Å². The third-order valence-corrected chi connectivity index (χ3v) is 3.17. The van der Waals surface area contributed by atoms with Crippen molar-refractivity contribution in [3.8, 4) is 0 Å². The highest BCUT2D eigenvalue weighted by Gasteiger charge is 2.09. The van der Waals surface area contributed by atoms with Gasteiger partial charge in [0.15, 0.2) is 0 Å². The molecule has 2 aromatic rings. The van der Waals surface area contributed by atoms with E-state index in [1.807, 2.05) is 0 Å². The van der Waals surface area contributed by atoms with Crippen LogP contribution in [0.4, 0.5) is 5.69 Å². The summed E-state index contributed by atoms with van der Waals surface area (Å²) >= 11 is 0. The number of hydrogen-bond acceptors (Lipinski definition) is 5. The molecule has 7 nitrogen and oxygen atoms in total. The molecule has 7 heteroatoms. The van der Waals surface area contributed by atoms with Gasteiger partial charge in [0.2, 0.25) is 0 Å². The molecule has 0 aliphatic carbocycles. The number of nitro groups is 1. The van der Waals surface area contributed by atoms with Crippen LogP contribution in [0.15, 0.2) is 48.5 Å². The summed E-state index contributed by atoms with van der Waals surface area (Å²) in [5.74, 6) is -0.775. The fourth-order valence-corrected chi connectivity index (χ4v) is 1.90. The number of nitro benzene ring substituents is 1. The molecular weight excluding hydrogens is 300 g/mol. The maximum Gasteiger partial charge on any atom is 0.337 e. The van der Waals surface area contributed by atoms with Crippen molar-refractivity contribution in [1.82, 2.24) is 5.32 Å². The zero-order valence-corrected chi connectivity index (χ0v) is 12.3. The van der Waals surface area contributed by atoms with Gasteiger partial charge in [-0.25, -0.2) is 4.79 Å². The van der Waals surface area contributed by atoms with E-state index in [4.69, 9.17) is 0 Å². The highest BCUT2D eigenvalue weighted by Crippen LogP contribution is 2.12. The Hall–Kier alpha value is -3.22. The third kappa shape index (κ3) is 4.13. The van der Waals surface area contributed by atoms with E-state index < -0.39 is 10.9 Å². The standard InChI is InChI=1S/C16H14N2O5/c1-23-16(20)13-6-4-12(5-7-13)15(19)17-10-11-2-8-14(9-3-11)18(21)22/h2-9H,10H2,1H3,(H,17,19). The minimum atomic E-state index is -0.481. The molecule has 0 saturated heterocycles. The molecule has 2 rings (SSSR count). The largest absolute Gasteiger partial charge is 0.465 e. The van der Waals surface area contributed by atoms with Crippen LogP contribution in [0.25, 0.3) is 0 Å². The van der Waals surface area contributed by atoms with Crippen molar-refractivity contribution in [1.29, 1.82) is 0 Å². The van der Waals surface area contributed by atoms with Gasteiger partial charge in [-0.2, -0.15) is 0 Å². The van der Waals surface area contributed by atoms with Crippen molar-refractivity contribution in [3.63, 3.8) is 0 Å². The van der Waals surface area contributed by atoms with Gasteiger partial charge in [0.25, 0.3) is 11.6 Å². The Labute approximate surface area is 132 Å². The molecule has 0 atom stereocenters. The Morgan fingerprint density at radius 1 is 1.04 bits per heavy atom. The summed E-state index contributed by atoms with van der Waals surface area (Å²) in [4.78, 5) is 33.4. The SMILES string of the molecule is COC(=O)c1ccc(C(=O)NCc2ccc([N+](=O)[O-])cc2)cc1. The van der Waals surface area contributed by atoms with Gasteiger partial charge >= 0.3 is 5.97 Å². The molecule has 0 heterocycles. The number of amides is 1. The van der Waals surface area contributed by atoms with Crippen LogP contribution in [0.1, 0.15) is 26.3 Å². The third-order valence-electron chi connectivity index (χ3n) is 3.17. The normalized spacial score (nSPS) is 9.96. The van der Waals surface area contributed by atoms with Gasteiger partial charge in [0.05, 0.1) is 17.6 Å². The second-order valence-electron chi connectivity index (χ2n) is 4.68. The van der Waals surface area contributed by atoms with Crippen molar-refractivity contribution in [2.45, 2.75) is 6.54 Å². The van der Waals surface area contributed by atoms with Crippen molar-refractivity contribution >= 4 is 17.6 Å². The second-order valence-corrected chi connectivity index (χ2v) is 4.68. The van der Waals surface area contributed by atoms with Crippen LogP contribution < -0.4 is 5.32 Å². The lowest BCUT2D eigenvalue weighted by Crippen LogP contribution is -2.22. The van der Waals surface area contributed by atoms with Gasteiger partial charge in [-0.15, -0.1) is 0 Å². The van der Waals surface area contributed by atoms with Gasteiger partial charge in [0, 0.05) is 24.2 Å². The minimum absolute atomic E-state index is 0.00141. The summed E-state index contributed by atoms with van der Waals surface area (Å²) in [6, 6.07) is 12.0. The molecule has 0 spiro atoms. The van der Waals surface area contributed by atoms with Gasteiger partial charge < -0.3 is 10.1 Å². The van der Waals surface area contributed by atoms with Crippen molar-refractivity contribution in [3.05, 3.63) is 75.3 Å². The van der Waals surface area contributed by atoms with E-state index in [0.717, 1.165) is 5.56 Å². The topological polar surface area (TPSA) is 98.5 Å². The maximum absolute atomic E-state index is 12.0. The predicted molar refractivity (Wildman–Crippen MR) is 82.0 cm³/mol. The number of non-ortho nitro benzene ring substituents is 1. The molecule has 0 fully saturated rings. The smallest absolute Gasteiger partial charge is 0.337 e. The van der Waals surface area contributed by atoms with E-state index >= 15 is 0 Å². The Morgan fingerprint density at radius 3 is 2.13 bits per heavy atom. The summed E-state index contributed by atoms with van der Waals surface area (Å²) in [5, 5.41) is 13.3. The number of carbonyl (C=O) groups is 2. The molecule has 23 heavy (non-hydrogen) atoms. The summed E-state index contributed by atoms with van der Waals surface area (Å²) in [5.41, 5.74) is 1.51. The molecule has 0 aliphatic rings. The number of methoxy groups -OCH3 is 1. The molecular formula is C16H14N2O5. The van der Waals surface area contributed by atoms with E-state index in [1.165, 1.54) is 43.5 Å². The summed E-state index contributed by atoms with van der Waals surface area (Å²) < 4.78 is 4.58. The Bertz CT molecular complexity index is 723. The van der Waals surface area contributed by atoms with Gasteiger partial charge in [-0.1, -0.05) is 12.1 Å². The Balaban J connectivity index is 1.96. The number of carbonyl (C=O) groups excluding carboxylic acids is 2. The first-order valence-corrected chi connectivity index (χ1v) is 6.71. The van der Waals surface area contributed by atoms with Crippen LogP contribution in [0, 0.1) is 10.1 Å². The minimum Gasteiger partial charge on any atom is -0.465 e. The van der Waals surface area contributed by atoms with Crippen LogP contribution in [0.5, 0.6) is 0 Å². The van der Waals surface area contributed by atoms with Crippen LogP contribution in [0.3, 0.4) is 0 Å².